The van der Waals surface area contributed by atoms with Crippen molar-refractivity contribution in [1.29, 1.82) is 0 Å². The Labute approximate surface area is 164 Å². The third-order valence-electron chi connectivity index (χ3n) is 4.90. The normalized spacial score (nSPS) is 10.9. The van der Waals surface area contributed by atoms with Gasteiger partial charge < -0.3 is 4.74 Å². The van der Waals surface area contributed by atoms with E-state index in [0.29, 0.717) is 12.1 Å². The van der Waals surface area contributed by atoms with Crippen LogP contribution in [0.4, 0.5) is 26.3 Å². The molecule has 3 aromatic rings. The molecule has 1 nitrogen and oxygen atoms in total. The third-order valence-corrected chi connectivity index (χ3v) is 4.90. The maximum Gasteiger partial charge on any atom is 0.250 e. The number of rotatable bonds is 4. The zero-order valence-electron chi connectivity index (χ0n) is 15.7. The molecule has 0 fully saturated rings. The van der Waals surface area contributed by atoms with Crippen LogP contribution in [0.2, 0.25) is 0 Å². The van der Waals surface area contributed by atoms with Crippen LogP contribution in [0.25, 0.3) is 0 Å². The SMILES string of the molecule is COc1cc(F)c(B(c2cc(F)cc(F)c2C)c2cc(F)cc(F)c2C)c(F)c1. The van der Waals surface area contributed by atoms with Crippen LogP contribution in [0.15, 0.2) is 36.4 Å². The molecule has 0 atom stereocenters. The van der Waals surface area contributed by atoms with E-state index < -0.39 is 47.1 Å². The fourth-order valence-corrected chi connectivity index (χ4v) is 3.36. The number of halogens is 6. The Morgan fingerprint density at radius 3 is 1.41 bits per heavy atom. The highest BCUT2D eigenvalue weighted by Crippen LogP contribution is 2.17. The molecule has 3 aromatic carbocycles. The summed E-state index contributed by atoms with van der Waals surface area (Å²) in [5.41, 5.74) is -1.12. The van der Waals surface area contributed by atoms with E-state index in [1.165, 1.54) is 21.0 Å². The molecule has 0 aliphatic rings. The van der Waals surface area contributed by atoms with Crippen molar-refractivity contribution in [2.75, 3.05) is 7.11 Å². The molecular weight excluding hydrogens is 393 g/mol. The van der Waals surface area contributed by atoms with E-state index in [-0.39, 0.29) is 27.8 Å². The summed E-state index contributed by atoms with van der Waals surface area (Å²) in [5, 5.41) is 0. The number of benzene rings is 3. The van der Waals surface area contributed by atoms with Gasteiger partial charge in [0.2, 0.25) is 6.71 Å². The first kappa shape index (κ1) is 20.8. The fourth-order valence-electron chi connectivity index (χ4n) is 3.36. The molecule has 0 aromatic heterocycles. The van der Waals surface area contributed by atoms with Crippen molar-refractivity contribution >= 4 is 23.1 Å². The summed E-state index contributed by atoms with van der Waals surface area (Å²) in [6.45, 7) is 1.08. The molecule has 0 radical (unpaired) electrons. The van der Waals surface area contributed by atoms with Crippen molar-refractivity contribution in [2.24, 2.45) is 0 Å². The second-order valence-electron chi connectivity index (χ2n) is 6.64. The van der Waals surface area contributed by atoms with E-state index in [2.05, 4.69) is 0 Å². The van der Waals surface area contributed by atoms with Gasteiger partial charge in [0.05, 0.1) is 7.11 Å². The summed E-state index contributed by atoms with van der Waals surface area (Å²) >= 11 is 0. The molecule has 0 N–H and O–H groups in total. The maximum atomic E-state index is 14.9. The van der Waals surface area contributed by atoms with Crippen LogP contribution < -0.4 is 21.1 Å². The average Bonchev–Trinajstić information content (AvgIpc) is 2.64. The van der Waals surface area contributed by atoms with Gasteiger partial charge in [-0.05, 0) is 37.1 Å². The van der Waals surface area contributed by atoms with Gasteiger partial charge in [-0.15, -0.1) is 0 Å². The highest BCUT2D eigenvalue weighted by Gasteiger charge is 2.33. The van der Waals surface area contributed by atoms with E-state index in [4.69, 9.17) is 4.74 Å². The molecule has 3 rings (SSSR count). The summed E-state index contributed by atoms with van der Waals surface area (Å²) in [7, 11) is 1.21. The van der Waals surface area contributed by atoms with E-state index in [9.17, 15) is 26.3 Å². The summed E-state index contributed by atoms with van der Waals surface area (Å²) in [4.78, 5) is 0. The Morgan fingerprint density at radius 1 is 0.621 bits per heavy atom. The Hall–Kier alpha value is -2.90. The van der Waals surface area contributed by atoms with Crippen molar-refractivity contribution in [3.05, 3.63) is 82.4 Å². The lowest BCUT2D eigenvalue weighted by atomic mass is 9.35. The monoisotopic (exact) mass is 408 g/mol. The van der Waals surface area contributed by atoms with Crippen LogP contribution in [0.5, 0.6) is 5.75 Å². The van der Waals surface area contributed by atoms with Crippen LogP contribution in [0.1, 0.15) is 11.1 Å². The smallest absolute Gasteiger partial charge is 0.250 e. The van der Waals surface area contributed by atoms with Crippen LogP contribution in [-0.2, 0) is 0 Å². The molecule has 8 heteroatoms. The first-order valence-electron chi connectivity index (χ1n) is 8.58. The van der Waals surface area contributed by atoms with Gasteiger partial charge in [-0.1, -0.05) is 10.9 Å². The molecule has 150 valence electrons. The van der Waals surface area contributed by atoms with Gasteiger partial charge in [0.15, 0.2) is 0 Å². The van der Waals surface area contributed by atoms with Crippen LogP contribution in [0.3, 0.4) is 0 Å². The standard InChI is InChI=1S/C21H15BF6O/c1-10-15(4-12(23)6-17(10)25)22(16-5-13(24)7-18(26)11(16)2)21-19(27)8-14(29-3)9-20(21)28/h4-9H,1-3H3. The Kier molecular flexibility index (Phi) is 5.64. The van der Waals surface area contributed by atoms with Crippen LogP contribution >= 0.6 is 0 Å². The maximum absolute atomic E-state index is 14.9. The highest BCUT2D eigenvalue weighted by molar-refractivity contribution is 6.96. The van der Waals surface area contributed by atoms with Crippen molar-refractivity contribution in [3.8, 4) is 5.75 Å². The topological polar surface area (TPSA) is 9.23 Å². The zero-order chi connectivity index (χ0) is 21.5. The predicted molar refractivity (Wildman–Crippen MR) is 99.8 cm³/mol. The van der Waals surface area contributed by atoms with Gasteiger partial charge in [-0.2, -0.15) is 0 Å². The molecule has 0 spiro atoms. The largest absolute Gasteiger partial charge is 0.497 e. The van der Waals surface area contributed by atoms with E-state index in [1.54, 1.807) is 0 Å². The number of ether oxygens (including phenoxy) is 1. The predicted octanol–water partition coefficient (Wildman–Crippen LogP) is 3.66. The first-order chi connectivity index (χ1) is 13.6. The lowest BCUT2D eigenvalue weighted by molar-refractivity contribution is 0.407. The van der Waals surface area contributed by atoms with E-state index in [1.807, 2.05) is 0 Å². The van der Waals surface area contributed by atoms with Gasteiger partial charge in [0, 0.05) is 29.7 Å². The summed E-state index contributed by atoms with van der Waals surface area (Å²) in [6, 6.07) is 4.82. The number of methoxy groups -OCH3 is 1. The molecule has 29 heavy (non-hydrogen) atoms. The van der Waals surface area contributed by atoms with E-state index >= 15 is 0 Å². The third kappa shape index (κ3) is 3.84. The minimum Gasteiger partial charge on any atom is -0.497 e. The van der Waals surface area contributed by atoms with Gasteiger partial charge in [-0.3, -0.25) is 0 Å². The summed E-state index contributed by atoms with van der Waals surface area (Å²) < 4.78 is 91.0. The first-order valence-corrected chi connectivity index (χ1v) is 8.58. The van der Waals surface area contributed by atoms with Gasteiger partial charge in [0.1, 0.15) is 40.7 Å². The highest BCUT2D eigenvalue weighted by atomic mass is 19.2. The van der Waals surface area contributed by atoms with Crippen LogP contribution in [-0.4, -0.2) is 13.8 Å². The molecule has 0 saturated heterocycles. The summed E-state index contributed by atoms with van der Waals surface area (Å²) in [5.74, 6) is -6.16. The number of hydrogen-bond acceptors (Lipinski definition) is 1. The quantitative estimate of drug-likeness (QED) is 0.473. The van der Waals surface area contributed by atoms with Crippen LogP contribution in [0, 0.1) is 48.8 Å². The fraction of sp³-hybridized carbons (Fsp3) is 0.143. The van der Waals surface area contributed by atoms with E-state index in [0.717, 1.165) is 24.3 Å². The minimum atomic E-state index is -1.50. The molecule has 0 aliphatic heterocycles. The zero-order valence-corrected chi connectivity index (χ0v) is 15.7. The lowest BCUT2D eigenvalue weighted by Crippen LogP contribution is -2.57. The summed E-state index contributed by atoms with van der Waals surface area (Å²) in [6.07, 6.45) is 0. The minimum absolute atomic E-state index is 0.102. The Balaban J connectivity index is 2.43. The molecular formula is C21H15BF6O. The average molecular weight is 408 g/mol. The Bertz CT molecular complexity index is 1020. The molecule has 0 amide bonds. The van der Waals surface area contributed by atoms with Gasteiger partial charge in [0.25, 0.3) is 0 Å². The van der Waals surface area contributed by atoms with Gasteiger partial charge >= 0.3 is 0 Å². The van der Waals surface area contributed by atoms with Crippen molar-refractivity contribution in [1.82, 2.24) is 0 Å². The number of hydrogen-bond donors (Lipinski definition) is 0. The second-order valence-corrected chi connectivity index (χ2v) is 6.64. The molecule has 0 saturated carbocycles. The molecule has 0 heterocycles. The molecule has 0 unspecified atom stereocenters. The lowest BCUT2D eigenvalue weighted by Gasteiger charge is -2.22. The van der Waals surface area contributed by atoms with Crippen molar-refractivity contribution in [2.45, 2.75) is 13.8 Å². The molecule has 0 aliphatic carbocycles. The van der Waals surface area contributed by atoms with Crippen molar-refractivity contribution in [3.63, 3.8) is 0 Å². The molecule has 0 bridgehead atoms. The van der Waals surface area contributed by atoms with Gasteiger partial charge in [-0.25, -0.2) is 26.3 Å². The van der Waals surface area contributed by atoms with Crippen molar-refractivity contribution < 1.29 is 31.1 Å². The second kappa shape index (κ2) is 7.85. The Morgan fingerprint density at radius 2 is 1.03 bits per heavy atom.